The third-order valence-electron chi connectivity index (χ3n) is 2.97. The van der Waals surface area contributed by atoms with Crippen molar-refractivity contribution in [1.29, 1.82) is 0 Å². The van der Waals surface area contributed by atoms with Crippen molar-refractivity contribution >= 4 is 6.29 Å². The van der Waals surface area contributed by atoms with Crippen LogP contribution in [0.1, 0.15) is 22.9 Å². The van der Waals surface area contributed by atoms with Gasteiger partial charge in [0.1, 0.15) is 17.8 Å². The molecule has 0 amide bonds. The molecule has 0 radical (unpaired) electrons. The number of carbonyl (C=O) groups is 1. The van der Waals surface area contributed by atoms with Crippen molar-refractivity contribution in [2.24, 2.45) is 0 Å². The molecule has 0 aliphatic carbocycles. The number of hydrogen-bond donors (Lipinski definition) is 0. The first kappa shape index (κ1) is 15.2. The van der Waals surface area contributed by atoms with E-state index in [9.17, 15) is 22.4 Å². The number of aldehydes is 1. The number of hydrogen-bond acceptors (Lipinski definition) is 2. The number of alkyl halides is 3. The maximum atomic E-state index is 12.8. The summed E-state index contributed by atoms with van der Waals surface area (Å²) in [5, 5.41) is 0. The zero-order valence-corrected chi connectivity index (χ0v) is 10.8. The summed E-state index contributed by atoms with van der Waals surface area (Å²) in [5.41, 5.74) is -0.345. The molecule has 0 N–H and O–H groups in total. The summed E-state index contributed by atoms with van der Waals surface area (Å²) in [6.07, 6.45) is -3.84. The Kier molecular flexibility index (Phi) is 4.35. The van der Waals surface area contributed by atoms with E-state index in [0.29, 0.717) is 11.8 Å². The highest BCUT2D eigenvalue weighted by Crippen LogP contribution is 2.29. The van der Waals surface area contributed by atoms with E-state index in [0.717, 1.165) is 6.07 Å². The lowest BCUT2D eigenvalue weighted by atomic mass is 9.97. The summed E-state index contributed by atoms with van der Waals surface area (Å²) >= 11 is 0. The third kappa shape index (κ3) is 3.87. The molecule has 0 saturated heterocycles. The van der Waals surface area contributed by atoms with Gasteiger partial charge in [0.2, 0.25) is 0 Å². The van der Waals surface area contributed by atoms with Crippen molar-refractivity contribution in [2.75, 3.05) is 0 Å². The Morgan fingerprint density at radius 2 is 1.76 bits per heavy atom. The van der Waals surface area contributed by atoms with Gasteiger partial charge in [0, 0.05) is 0 Å². The minimum Gasteiger partial charge on any atom is -0.303 e. The Balaban J connectivity index is 2.25. The first-order valence-electron chi connectivity index (χ1n) is 6.14. The van der Waals surface area contributed by atoms with Crippen LogP contribution in [-0.2, 0) is 17.4 Å². The summed E-state index contributed by atoms with van der Waals surface area (Å²) in [6.45, 7) is 0. The van der Waals surface area contributed by atoms with Gasteiger partial charge in [-0.3, -0.25) is 0 Å². The molecule has 0 saturated carbocycles. The third-order valence-corrected chi connectivity index (χ3v) is 2.97. The molecule has 1 atom stereocenters. The lowest BCUT2D eigenvalue weighted by Gasteiger charge is -2.12. The lowest BCUT2D eigenvalue weighted by Crippen LogP contribution is -2.13. The van der Waals surface area contributed by atoms with E-state index in [4.69, 9.17) is 0 Å². The number of rotatable bonds is 4. The van der Waals surface area contributed by atoms with Gasteiger partial charge in [0.15, 0.2) is 0 Å². The molecule has 110 valence electrons. The van der Waals surface area contributed by atoms with Crippen LogP contribution in [-0.4, -0.2) is 11.3 Å². The summed E-state index contributed by atoms with van der Waals surface area (Å²) in [7, 11) is 0. The summed E-state index contributed by atoms with van der Waals surface area (Å²) in [4.78, 5) is 14.6. The average Bonchev–Trinajstić information content (AvgIpc) is 2.46. The van der Waals surface area contributed by atoms with E-state index in [-0.39, 0.29) is 12.1 Å². The van der Waals surface area contributed by atoms with E-state index < -0.39 is 23.6 Å². The second-order valence-electron chi connectivity index (χ2n) is 4.52. The quantitative estimate of drug-likeness (QED) is 0.635. The number of aromatic nitrogens is 1. The van der Waals surface area contributed by atoms with Crippen LogP contribution in [0.3, 0.4) is 0 Å². The molecule has 1 aromatic heterocycles. The molecule has 0 fully saturated rings. The monoisotopic (exact) mass is 297 g/mol. The van der Waals surface area contributed by atoms with Crippen LogP contribution in [0, 0.1) is 5.82 Å². The lowest BCUT2D eigenvalue weighted by molar-refractivity contribution is -0.141. The molecule has 0 aliphatic rings. The zero-order chi connectivity index (χ0) is 15.5. The van der Waals surface area contributed by atoms with Crippen LogP contribution in [0.25, 0.3) is 0 Å². The molecule has 21 heavy (non-hydrogen) atoms. The minimum absolute atomic E-state index is 0.0455. The van der Waals surface area contributed by atoms with Crippen LogP contribution in [0.15, 0.2) is 42.5 Å². The Labute approximate surface area is 118 Å². The number of carbonyl (C=O) groups excluding carboxylic acids is 1. The average molecular weight is 297 g/mol. The molecule has 2 rings (SSSR count). The van der Waals surface area contributed by atoms with Crippen molar-refractivity contribution in [1.82, 2.24) is 4.98 Å². The maximum Gasteiger partial charge on any atom is 0.433 e. The predicted octanol–water partition coefficient (Wildman–Crippen LogP) is 3.76. The summed E-state index contributed by atoms with van der Waals surface area (Å²) in [5.74, 6) is -1.23. The molecule has 2 nitrogen and oxygen atoms in total. The smallest absolute Gasteiger partial charge is 0.303 e. The van der Waals surface area contributed by atoms with Crippen molar-refractivity contribution in [3.05, 3.63) is 65.2 Å². The van der Waals surface area contributed by atoms with E-state index >= 15 is 0 Å². The number of halogens is 4. The Hall–Kier alpha value is -2.24. The first-order valence-corrected chi connectivity index (χ1v) is 6.14. The Bertz CT molecular complexity index is 622. The Morgan fingerprint density at radius 3 is 2.33 bits per heavy atom. The molecule has 6 heteroatoms. The van der Waals surface area contributed by atoms with Gasteiger partial charge >= 0.3 is 6.18 Å². The summed E-state index contributed by atoms with van der Waals surface area (Å²) < 4.78 is 50.6. The molecule has 0 aliphatic heterocycles. The molecule has 1 aromatic carbocycles. The van der Waals surface area contributed by atoms with Crippen LogP contribution >= 0.6 is 0 Å². The van der Waals surface area contributed by atoms with E-state index in [1.165, 1.54) is 36.4 Å². The topological polar surface area (TPSA) is 30.0 Å². The number of nitrogens with zero attached hydrogens (tertiary/aromatic N) is 1. The van der Waals surface area contributed by atoms with Crippen LogP contribution in [0.5, 0.6) is 0 Å². The van der Waals surface area contributed by atoms with Gasteiger partial charge in [-0.1, -0.05) is 18.2 Å². The van der Waals surface area contributed by atoms with Gasteiger partial charge in [-0.2, -0.15) is 13.2 Å². The van der Waals surface area contributed by atoms with Gasteiger partial charge in [-0.15, -0.1) is 0 Å². The number of benzene rings is 1. The molecule has 0 spiro atoms. The van der Waals surface area contributed by atoms with Gasteiger partial charge in [0.05, 0.1) is 11.6 Å². The van der Waals surface area contributed by atoms with Crippen molar-refractivity contribution < 1.29 is 22.4 Å². The fraction of sp³-hybridized carbons (Fsp3) is 0.200. The largest absolute Gasteiger partial charge is 0.433 e. The number of pyridine rings is 1. The van der Waals surface area contributed by atoms with Crippen molar-refractivity contribution in [3.8, 4) is 0 Å². The standard InChI is InChI=1S/C15H11F4NO/c16-12-6-4-10(5-7-12)8-11(9-21)13-2-1-3-14(20-13)15(17,18)19/h1-7,9,11H,8H2. The molecule has 0 bridgehead atoms. The van der Waals surface area contributed by atoms with Crippen molar-refractivity contribution in [2.45, 2.75) is 18.5 Å². The predicted molar refractivity (Wildman–Crippen MR) is 68.1 cm³/mol. The highest BCUT2D eigenvalue weighted by molar-refractivity contribution is 5.61. The van der Waals surface area contributed by atoms with Crippen LogP contribution < -0.4 is 0 Å². The van der Waals surface area contributed by atoms with Crippen molar-refractivity contribution in [3.63, 3.8) is 0 Å². The normalized spacial score (nSPS) is 13.0. The van der Waals surface area contributed by atoms with E-state index in [1.54, 1.807) is 0 Å². The second kappa shape index (κ2) is 6.03. The molecule has 1 unspecified atom stereocenters. The molecular formula is C15H11F4NO. The summed E-state index contributed by atoms with van der Waals surface area (Å²) in [6, 6.07) is 8.87. The van der Waals surface area contributed by atoms with Gasteiger partial charge < -0.3 is 4.79 Å². The van der Waals surface area contributed by atoms with E-state index in [1.807, 2.05) is 0 Å². The highest BCUT2D eigenvalue weighted by Gasteiger charge is 2.33. The Morgan fingerprint density at radius 1 is 1.10 bits per heavy atom. The van der Waals surface area contributed by atoms with Crippen LogP contribution in [0.2, 0.25) is 0 Å². The molecular weight excluding hydrogens is 286 g/mol. The molecule has 2 aromatic rings. The van der Waals surface area contributed by atoms with Gasteiger partial charge in [-0.05, 0) is 36.2 Å². The van der Waals surface area contributed by atoms with E-state index in [2.05, 4.69) is 4.98 Å². The second-order valence-corrected chi connectivity index (χ2v) is 4.52. The molecule has 1 heterocycles. The zero-order valence-electron chi connectivity index (χ0n) is 10.8. The minimum atomic E-state index is -4.56. The fourth-order valence-electron chi connectivity index (χ4n) is 1.91. The highest BCUT2D eigenvalue weighted by atomic mass is 19.4. The fourth-order valence-corrected chi connectivity index (χ4v) is 1.91. The SMILES string of the molecule is O=CC(Cc1ccc(F)cc1)c1cccc(C(F)(F)F)n1. The van der Waals surface area contributed by atoms with Crippen LogP contribution in [0.4, 0.5) is 17.6 Å². The van der Waals surface area contributed by atoms with Gasteiger partial charge in [-0.25, -0.2) is 9.37 Å². The van der Waals surface area contributed by atoms with Gasteiger partial charge in [0.25, 0.3) is 0 Å². The first-order chi connectivity index (χ1) is 9.90. The maximum absolute atomic E-state index is 12.8.